The summed E-state index contributed by atoms with van der Waals surface area (Å²) >= 11 is 2.60. The van der Waals surface area contributed by atoms with Crippen LogP contribution in [0, 0.1) is 0 Å². The van der Waals surface area contributed by atoms with E-state index in [1.165, 1.54) is 22.1 Å². The normalized spacial score (nSPS) is 14.1. The molecule has 5 heterocycles. The van der Waals surface area contributed by atoms with Gasteiger partial charge in [0.15, 0.2) is 0 Å². The lowest BCUT2D eigenvalue weighted by Crippen LogP contribution is -2.36. The average Bonchev–Trinajstić information content (AvgIpc) is 3.75. The van der Waals surface area contributed by atoms with E-state index in [0.717, 1.165) is 31.9 Å². The minimum atomic E-state index is -0.772. The van der Waals surface area contributed by atoms with E-state index in [0.29, 0.717) is 35.9 Å². The molecular formula is C31H30N8O5S2. The Bertz CT molecular complexity index is 2000. The molecule has 6 rings (SSSR count). The van der Waals surface area contributed by atoms with Crippen LogP contribution >= 0.6 is 22.7 Å². The highest BCUT2D eigenvalue weighted by Crippen LogP contribution is 2.28. The van der Waals surface area contributed by atoms with E-state index in [9.17, 15) is 19.2 Å². The number of hydrogen-bond donors (Lipinski definition) is 3. The Morgan fingerprint density at radius 2 is 1.83 bits per heavy atom. The number of aryl methyl sites for hydroxylation is 1. The first-order valence-corrected chi connectivity index (χ1v) is 16.1. The summed E-state index contributed by atoms with van der Waals surface area (Å²) < 4.78 is 7.50. The van der Waals surface area contributed by atoms with E-state index in [4.69, 9.17) is 4.74 Å². The molecule has 0 fully saturated rings. The third-order valence-corrected chi connectivity index (χ3v) is 8.97. The van der Waals surface area contributed by atoms with Crippen molar-refractivity contribution in [2.45, 2.75) is 58.2 Å². The second-order valence-electron chi connectivity index (χ2n) is 11.6. The van der Waals surface area contributed by atoms with Crippen molar-refractivity contribution in [1.82, 2.24) is 30.0 Å². The molecule has 1 atom stereocenters. The van der Waals surface area contributed by atoms with Crippen molar-refractivity contribution in [1.29, 1.82) is 0 Å². The van der Waals surface area contributed by atoms with E-state index in [1.54, 1.807) is 33.0 Å². The number of rotatable bonds is 8. The summed E-state index contributed by atoms with van der Waals surface area (Å²) in [6.45, 7) is 5.57. The van der Waals surface area contributed by atoms with Crippen molar-refractivity contribution in [3.63, 3.8) is 0 Å². The van der Waals surface area contributed by atoms with Crippen molar-refractivity contribution in [2.75, 3.05) is 10.6 Å². The number of ether oxygens (including phenoxy) is 1. The number of nitrogens with one attached hydrogen (secondary N) is 3. The Balaban J connectivity index is 1.09. The van der Waals surface area contributed by atoms with Gasteiger partial charge < -0.3 is 15.4 Å². The zero-order chi connectivity index (χ0) is 32.4. The van der Waals surface area contributed by atoms with E-state index in [-0.39, 0.29) is 23.1 Å². The number of carbonyl (C=O) groups is 3. The molecule has 1 aliphatic rings. The number of fused-ring (bicyclic) bond motifs is 2. The molecule has 5 aromatic rings. The molecule has 13 nitrogen and oxygen atoms in total. The van der Waals surface area contributed by atoms with Gasteiger partial charge in [-0.25, -0.2) is 14.8 Å². The third-order valence-electron chi connectivity index (χ3n) is 6.95. The van der Waals surface area contributed by atoms with Gasteiger partial charge >= 0.3 is 6.09 Å². The lowest BCUT2D eigenvalue weighted by atomic mass is 10.2. The van der Waals surface area contributed by atoms with Gasteiger partial charge in [0.05, 0.1) is 12.7 Å². The van der Waals surface area contributed by atoms with Gasteiger partial charge in [0.1, 0.15) is 34.0 Å². The molecule has 0 unspecified atom stereocenters. The maximum atomic E-state index is 13.4. The Morgan fingerprint density at radius 3 is 2.61 bits per heavy atom. The van der Waals surface area contributed by atoms with Crippen molar-refractivity contribution in [3.8, 4) is 0 Å². The van der Waals surface area contributed by atoms with Crippen LogP contribution in [0.1, 0.15) is 64.3 Å². The molecule has 3 N–H and O–H groups in total. The molecule has 0 spiro atoms. The summed E-state index contributed by atoms with van der Waals surface area (Å²) in [4.78, 5) is 61.2. The number of anilines is 2. The molecule has 0 bridgehead atoms. The molecule has 0 aliphatic carbocycles. The monoisotopic (exact) mass is 658 g/mol. The van der Waals surface area contributed by atoms with Crippen LogP contribution in [0.5, 0.6) is 0 Å². The second-order valence-corrected chi connectivity index (χ2v) is 13.8. The molecule has 0 saturated carbocycles. The summed E-state index contributed by atoms with van der Waals surface area (Å²) in [5, 5.41) is 17.9. The highest BCUT2D eigenvalue weighted by atomic mass is 32.1. The van der Waals surface area contributed by atoms with E-state index < -0.39 is 29.2 Å². The van der Waals surface area contributed by atoms with Gasteiger partial charge in [0, 0.05) is 34.0 Å². The van der Waals surface area contributed by atoms with Crippen LogP contribution in [-0.4, -0.2) is 48.2 Å². The minimum Gasteiger partial charge on any atom is -0.444 e. The summed E-state index contributed by atoms with van der Waals surface area (Å²) in [5.74, 6) is -0.0694. The summed E-state index contributed by atoms with van der Waals surface area (Å²) in [6, 6.07) is 12.6. The van der Waals surface area contributed by atoms with Crippen molar-refractivity contribution in [2.24, 2.45) is 0 Å². The average molecular weight is 659 g/mol. The van der Waals surface area contributed by atoms with Gasteiger partial charge in [-0.15, -0.1) is 21.5 Å². The summed E-state index contributed by atoms with van der Waals surface area (Å²) in [5.41, 5.74) is -0.141. The van der Waals surface area contributed by atoms with Crippen LogP contribution < -0.4 is 21.5 Å². The largest absolute Gasteiger partial charge is 0.444 e. The second kappa shape index (κ2) is 12.8. The first-order valence-electron chi connectivity index (χ1n) is 14.5. The fraction of sp³-hybridized carbons (Fsp3) is 0.290. The fourth-order valence-electron chi connectivity index (χ4n) is 4.95. The molecule has 1 aliphatic heterocycles. The highest BCUT2D eigenvalue weighted by molar-refractivity contribution is 7.19. The molecule has 4 aromatic heterocycles. The first kappa shape index (κ1) is 31.0. The number of amides is 3. The minimum absolute atomic E-state index is 0.0407. The van der Waals surface area contributed by atoms with Gasteiger partial charge in [0.2, 0.25) is 10.9 Å². The Kier molecular flexibility index (Phi) is 8.60. The molecule has 0 saturated heterocycles. The number of nitrogens with zero attached hydrogens (tertiary/aromatic N) is 5. The topological polar surface area (TPSA) is 170 Å². The quantitative estimate of drug-likeness (QED) is 0.214. The van der Waals surface area contributed by atoms with Crippen LogP contribution in [0.25, 0.3) is 10.1 Å². The zero-order valence-corrected chi connectivity index (χ0v) is 26.8. The molecule has 236 valence electrons. The molecule has 46 heavy (non-hydrogen) atoms. The summed E-state index contributed by atoms with van der Waals surface area (Å²) in [6.07, 6.45) is 3.75. The maximum absolute atomic E-state index is 13.4. The summed E-state index contributed by atoms with van der Waals surface area (Å²) in [7, 11) is 0. The number of carbonyl (C=O) groups excluding carboxylic acids is 3. The molecule has 3 amide bonds. The van der Waals surface area contributed by atoms with Gasteiger partial charge in [-0.3, -0.25) is 24.3 Å². The SMILES string of the molecule is CC(C)(C)OC(=O)Nc1cc2sc(CNC(=O)[C@@H]3CCc4ncc(NC(=O)c5nnc(Cc6ccccc6)s5)c(=O)n43)cc2cn1. The smallest absolute Gasteiger partial charge is 0.413 e. The van der Waals surface area contributed by atoms with Crippen molar-refractivity contribution in [3.05, 3.63) is 91.5 Å². The van der Waals surface area contributed by atoms with Crippen LogP contribution in [0.15, 0.2) is 59.7 Å². The van der Waals surface area contributed by atoms with Crippen LogP contribution in [-0.2, 0) is 28.9 Å². The van der Waals surface area contributed by atoms with Crippen LogP contribution in [0.2, 0.25) is 0 Å². The van der Waals surface area contributed by atoms with Gasteiger partial charge in [-0.05, 0) is 44.9 Å². The number of thiophene rings is 1. The lowest BCUT2D eigenvalue weighted by molar-refractivity contribution is -0.124. The molecule has 1 aromatic carbocycles. The number of hydrogen-bond acceptors (Lipinski definition) is 11. The van der Waals surface area contributed by atoms with E-state index >= 15 is 0 Å². The predicted octanol–water partition coefficient (Wildman–Crippen LogP) is 4.70. The van der Waals surface area contributed by atoms with Crippen LogP contribution in [0.4, 0.5) is 16.3 Å². The molecule has 0 radical (unpaired) electrons. The van der Waals surface area contributed by atoms with Crippen molar-refractivity contribution < 1.29 is 19.1 Å². The van der Waals surface area contributed by atoms with E-state index in [2.05, 4.69) is 36.1 Å². The van der Waals surface area contributed by atoms with Crippen LogP contribution in [0.3, 0.4) is 0 Å². The number of pyridine rings is 1. The van der Waals surface area contributed by atoms with E-state index in [1.807, 2.05) is 36.4 Å². The Morgan fingerprint density at radius 1 is 1.02 bits per heavy atom. The predicted molar refractivity (Wildman–Crippen MR) is 174 cm³/mol. The zero-order valence-electron chi connectivity index (χ0n) is 25.2. The highest BCUT2D eigenvalue weighted by Gasteiger charge is 2.31. The fourth-order valence-corrected chi connectivity index (χ4v) is 6.73. The number of benzene rings is 1. The standard InChI is InChI=1S/C31H30N8O5S2/c1-31(2,3)44-30(43)36-23-13-22-18(14-32-23)12-19(45-22)15-34-26(40)21-9-10-24-33-16-20(29(42)39(21)24)35-27(41)28-38-37-25(46-28)11-17-7-5-4-6-8-17/h4-8,12-14,16,21H,9-11,15H2,1-3H3,(H,34,40)(H,35,41)(H,32,36,43)/t21-/m0/s1. The van der Waals surface area contributed by atoms with Gasteiger partial charge in [-0.1, -0.05) is 41.7 Å². The van der Waals surface area contributed by atoms with Gasteiger partial charge in [-0.2, -0.15) is 0 Å². The molecular weight excluding hydrogens is 629 g/mol. The maximum Gasteiger partial charge on any atom is 0.413 e. The number of aromatic nitrogens is 5. The first-order chi connectivity index (χ1) is 22.0. The third kappa shape index (κ3) is 7.10. The molecule has 15 heteroatoms. The lowest BCUT2D eigenvalue weighted by Gasteiger charge is -2.19. The van der Waals surface area contributed by atoms with Crippen molar-refractivity contribution >= 4 is 62.2 Å². The Labute approximate surface area is 271 Å². The Hall–Kier alpha value is -5.02. The van der Waals surface area contributed by atoms with Gasteiger partial charge in [0.25, 0.3) is 11.5 Å².